The predicted octanol–water partition coefficient (Wildman–Crippen LogP) is 4.59. The zero-order chi connectivity index (χ0) is 20.8. The number of nitrogens with one attached hydrogen (secondary N) is 1. The Morgan fingerprint density at radius 1 is 1.28 bits per heavy atom. The number of carbonyl (C=O) groups is 1. The first kappa shape index (κ1) is 20.5. The standard InChI is InChI=1S/C21H21ClN4O3/c1-4-28-18(27)10-9-17-12-24-21(22)25-20(17)23-11-15-5-7-16(8-6-15)19-13(2)26-29-14(19)3/h5-10,12H,4,11H2,1-3H3,(H,23,24,25)/b10-9+. The van der Waals surface area contributed by atoms with Gasteiger partial charge in [0.25, 0.3) is 0 Å². The number of halogens is 1. The van der Waals surface area contributed by atoms with Crippen LogP contribution in [-0.2, 0) is 16.1 Å². The third-order valence-electron chi connectivity index (χ3n) is 4.21. The molecule has 0 bridgehead atoms. The number of rotatable bonds is 7. The Balaban J connectivity index is 1.73. The highest BCUT2D eigenvalue weighted by atomic mass is 35.5. The summed E-state index contributed by atoms with van der Waals surface area (Å²) in [6, 6.07) is 8.09. The maximum atomic E-state index is 11.5. The van der Waals surface area contributed by atoms with Crippen molar-refractivity contribution in [3.05, 3.63) is 64.4 Å². The SMILES string of the molecule is CCOC(=O)/C=C/c1cnc(Cl)nc1NCc1ccc(-c2c(C)noc2C)cc1. The van der Waals surface area contributed by atoms with Gasteiger partial charge in [-0.1, -0.05) is 29.4 Å². The Kier molecular flexibility index (Phi) is 6.61. The van der Waals surface area contributed by atoms with Crippen molar-refractivity contribution in [2.75, 3.05) is 11.9 Å². The van der Waals surface area contributed by atoms with Gasteiger partial charge in [0.1, 0.15) is 11.6 Å². The van der Waals surface area contributed by atoms with Crippen LogP contribution in [0.5, 0.6) is 0 Å². The lowest BCUT2D eigenvalue weighted by Crippen LogP contribution is -2.05. The molecule has 0 radical (unpaired) electrons. The fourth-order valence-electron chi connectivity index (χ4n) is 2.85. The molecule has 0 saturated carbocycles. The van der Waals surface area contributed by atoms with Gasteiger partial charge in [0, 0.05) is 29.9 Å². The molecule has 0 fully saturated rings. The predicted molar refractivity (Wildman–Crippen MR) is 111 cm³/mol. The number of esters is 1. The Hall–Kier alpha value is -3.19. The average molecular weight is 413 g/mol. The van der Waals surface area contributed by atoms with E-state index in [-0.39, 0.29) is 5.28 Å². The molecular weight excluding hydrogens is 392 g/mol. The minimum Gasteiger partial charge on any atom is -0.463 e. The highest BCUT2D eigenvalue weighted by Crippen LogP contribution is 2.27. The lowest BCUT2D eigenvalue weighted by atomic mass is 10.0. The molecule has 2 heterocycles. The quantitative estimate of drug-likeness (QED) is 0.344. The molecule has 1 aromatic carbocycles. The smallest absolute Gasteiger partial charge is 0.330 e. The minimum absolute atomic E-state index is 0.120. The summed E-state index contributed by atoms with van der Waals surface area (Å²) in [6.07, 6.45) is 4.48. The van der Waals surface area contributed by atoms with E-state index in [2.05, 4.69) is 20.4 Å². The number of ether oxygens (including phenoxy) is 1. The van der Waals surface area contributed by atoms with Crippen molar-refractivity contribution in [2.45, 2.75) is 27.3 Å². The second-order valence-corrected chi connectivity index (χ2v) is 6.62. The van der Waals surface area contributed by atoms with Crippen LogP contribution >= 0.6 is 11.6 Å². The molecule has 0 atom stereocenters. The van der Waals surface area contributed by atoms with Crippen LogP contribution in [0.3, 0.4) is 0 Å². The summed E-state index contributed by atoms with van der Waals surface area (Å²) in [4.78, 5) is 19.7. The second kappa shape index (κ2) is 9.34. The number of aromatic nitrogens is 3. The van der Waals surface area contributed by atoms with Gasteiger partial charge in [-0.3, -0.25) is 0 Å². The number of anilines is 1. The monoisotopic (exact) mass is 412 g/mol. The van der Waals surface area contributed by atoms with E-state index in [1.807, 2.05) is 38.1 Å². The molecule has 3 rings (SSSR count). The molecule has 8 heteroatoms. The molecule has 0 unspecified atom stereocenters. The molecule has 0 amide bonds. The van der Waals surface area contributed by atoms with Crippen LogP contribution in [0.2, 0.25) is 5.28 Å². The van der Waals surface area contributed by atoms with Crippen LogP contribution in [0, 0.1) is 13.8 Å². The van der Waals surface area contributed by atoms with E-state index in [0.29, 0.717) is 24.5 Å². The topological polar surface area (TPSA) is 90.1 Å². The van der Waals surface area contributed by atoms with Crippen molar-refractivity contribution in [3.8, 4) is 11.1 Å². The first-order valence-corrected chi connectivity index (χ1v) is 9.49. The van der Waals surface area contributed by atoms with E-state index in [1.165, 1.54) is 6.08 Å². The summed E-state index contributed by atoms with van der Waals surface area (Å²) in [5.74, 6) is 0.894. The molecule has 0 aliphatic rings. The van der Waals surface area contributed by atoms with Crippen molar-refractivity contribution in [2.24, 2.45) is 0 Å². The summed E-state index contributed by atoms with van der Waals surface area (Å²) in [6.45, 7) is 6.41. The van der Waals surface area contributed by atoms with Gasteiger partial charge < -0.3 is 14.6 Å². The van der Waals surface area contributed by atoms with E-state index in [4.69, 9.17) is 20.9 Å². The zero-order valence-corrected chi connectivity index (χ0v) is 17.2. The van der Waals surface area contributed by atoms with Crippen LogP contribution in [0.1, 0.15) is 29.5 Å². The van der Waals surface area contributed by atoms with Gasteiger partial charge in [-0.25, -0.2) is 14.8 Å². The van der Waals surface area contributed by atoms with Crippen molar-refractivity contribution in [1.82, 2.24) is 15.1 Å². The van der Waals surface area contributed by atoms with Crippen LogP contribution in [0.15, 0.2) is 41.1 Å². The molecule has 2 aromatic heterocycles. The molecule has 1 N–H and O–H groups in total. The van der Waals surface area contributed by atoms with Gasteiger partial charge in [-0.05, 0) is 49.6 Å². The number of nitrogens with zero attached hydrogens (tertiary/aromatic N) is 3. The van der Waals surface area contributed by atoms with Crippen LogP contribution in [0.25, 0.3) is 17.2 Å². The third kappa shape index (κ3) is 5.20. The molecule has 0 saturated heterocycles. The molecule has 150 valence electrons. The lowest BCUT2D eigenvalue weighted by molar-refractivity contribution is -0.137. The maximum Gasteiger partial charge on any atom is 0.330 e. The number of carbonyl (C=O) groups excluding carboxylic acids is 1. The normalized spacial score (nSPS) is 11.0. The molecule has 3 aromatic rings. The van der Waals surface area contributed by atoms with Gasteiger partial charge in [-0.15, -0.1) is 0 Å². The van der Waals surface area contributed by atoms with E-state index in [9.17, 15) is 4.79 Å². The fraction of sp³-hybridized carbons (Fsp3) is 0.238. The zero-order valence-electron chi connectivity index (χ0n) is 16.4. The summed E-state index contributed by atoms with van der Waals surface area (Å²) in [5, 5.41) is 7.35. The summed E-state index contributed by atoms with van der Waals surface area (Å²) in [5.41, 5.74) is 4.61. The highest BCUT2D eigenvalue weighted by Gasteiger charge is 2.11. The second-order valence-electron chi connectivity index (χ2n) is 6.28. The van der Waals surface area contributed by atoms with Gasteiger partial charge in [0.2, 0.25) is 5.28 Å². The van der Waals surface area contributed by atoms with Crippen molar-refractivity contribution >= 4 is 29.5 Å². The summed E-state index contributed by atoms with van der Waals surface area (Å²) >= 11 is 5.93. The van der Waals surface area contributed by atoms with Crippen molar-refractivity contribution in [3.63, 3.8) is 0 Å². The summed E-state index contributed by atoms with van der Waals surface area (Å²) < 4.78 is 10.1. The molecule has 29 heavy (non-hydrogen) atoms. The average Bonchev–Trinajstić information content (AvgIpc) is 3.04. The summed E-state index contributed by atoms with van der Waals surface area (Å²) in [7, 11) is 0. The van der Waals surface area contributed by atoms with E-state index in [1.54, 1.807) is 19.2 Å². The molecule has 7 nitrogen and oxygen atoms in total. The number of aryl methyl sites for hydroxylation is 2. The maximum absolute atomic E-state index is 11.5. The number of benzene rings is 1. The fourth-order valence-corrected chi connectivity index (χ4v) is 2.98. The van der Waals surface area contributed by atoms with Crippen LogP contribution in [-0.4, -0.2) is 27.7 Å². The Bertz CT molecular complexity index is 1010. The van der Waals surface area contributed by atoms with Crippen LogP contribution < -0.4 is 5.32 Å². The lowest BCUT2D eigenvalue weighted by Gasteiger charge is -2.09. The Labute approximate surface area is 173 Å². The van der Waals surface area contributed by atoms with Crippen LogP contribution in [0.4, 0.5) is 5.82 Å². The van der Waals surface area contributed by atoms with E-state index < -0.39 is 5.97 Å². The van der Waals surface area contributed by atoms with Gasteiger partial charge in [0.15, 0.2) is 0 Å². The molecular formula is C21H21ClN4O3. The molecule has 0 aliphatic carbocycles. The molecule has 0 aliphatic heterocycles. The molecule has 0 spiro atoms. The Morgan fingerprint density at radius 3 is 2.69 bits per heavy atom. The van der Waals surface area contributed by atoms with Crippen molar-refractivity contribution in [1.29, 1.82) is 0 Å². The number of hydrogen-bond donors (Lipinski definition) is 1. The highest BCUT2D eigenvalue weighted by molar-refractivity contribution is 6.28. The van der Waals surface area contributed by atoms with E-state index >= 15 is 0 Å². The van der Waals surface area contributed by atoms with Gasteiger partial charge in [-0.2, -0.15) is 0 Å². The number of hydrogen-bond acceptors (Lipinski definition) is 7. The minimum atomic E-state index is -0.427. The largest absolute Gasteiger partial charge is 0.463 e. The van der Waals surface area contributed by atoms with E-state index in [0.717, 1.165) is 28.1 Å². The van der Waals surface area contributed by atoms with Gasteiger partial charge in [0.05, 0.1) is 12.3 Å². The first-order chi connectivity index (χ1) is 14.0. The Morgan fingerprint density at radius 2 is 2.03 bits per heavy atom. The third-order valence-corrected chi connectivity index (χ3v) is 4.39. The van der Waals surface area contributed by atoms with Crippen molar-refractivity contribution < 1.29 is 14.1 Å². The van der Waals surface area contributed by atoms with Gasteiger partial charge >= 0.3 is 5.97 Å². The first-order valence-electron chi connectivity index (χ1n) is 9.11.